The van der Waals surface area contributed by atoms with Gasteiger partial charge in [-0.15, -0.1) is 13.2 Å². The van der Waals surface area contributed by atoms with Gasteiger partial charge in [0, 0.05) is 0 Å². The summed E-state index contributed by atoms with van der Waals surface area (Å²) in [7, 11) is 0. The largest absolute Gasteiger partial charge is 1.00 e. The number of phenols is 1. The number of aromatic hydroxyl groups is 1. The van der Waals surface area contributed by atoms with E-state index in [4.69, 9.17) is 5.11 Å². The molecule has 74 valence electrons. The first kappa shape index (κ1) is 17.4. The summed E-state index contributed by atoms with van der Waals surface area (Å²) in [5.74, 6) is -1.13. The van der Waals surface area contributed by atoms with Gasteiger partial charge in [-0.05, 0) is 12.1 Å². The van der Waals surface area contributed by atoms with Gasteiger partial charge < -0.3 is 33.8 Å². The fraction of sp³-hybridized carbons (Fsp3) is 0.143. The van der Waals surface area contributed by atoms with E-state index in [0.29, 0.717) is 0 Å². The van der Waals surface area contributed by atoms with Crippen LogP contribution < -0.4 is 80.1 Å². The first-order chi connectivity index (χ1) is 5.49. The Morgan fingerprint density at radius 2 is 1.64 bits per heavy atom. The monoisotopic (exact) mass is 344 g/mol. The Kier molecular flexibility index (Phi) is 9.04. The molecule has 0 bridgehead atoms. The van der Waals surface area contributed by atoms with Crippen molar-refractivity contribution in [3.05, 3.63) is 24.3 Å². The zero-order valence-electron chi connectivity index (χ0n) is 7.18. The maximum absolute atomic E-state index is 11.6. The zero-order chi connectivity index (χ0) is 9.19. The number of para-hydroxylation sites is 2. The van der Waals surface area contributed by atoms with Crippen LogP contribution >= 0.6 is 0 Å². The van der Waals surface area contributed by atoms with Gasteiger partial charge in [0.15, 0.2) is 11.5 Å². The topological polar surface area (TPSA) is 29.5 Å². The van der Waals surface area contributed by atoms with Gasteiger partial charge >= 0.3 is 57.7 Å². The maximum atomic E-state index is 11.6. The fourth-order valence-corrected chi connectivity index (χ4v) is 0.668. The Morgan fingerprint density at radius 1 is 1.14 bits per heavy atom. The second-order valence-electron chi connectivity index (χ2n) is 2.02. The summed E-state index contributed by atoms with van der Waals surface area (Å²) >= 11 is 0. The van der Waals surface area contributed by atoms with Crippen molar-refractivity contribution in [2.45, 2.75) is 6.36 Å². The number of ether oxygens (including phenoxy) is 1. The average molecular weight is 344 g/mol. The molecule has 0 fully saturated rings. The zero-order valence-corrected chi connectivity index (χ0v) is 12.5. The molecule has 0 saturated carbocycles. The fourth-order valence-electron chi connectivity index (χ4n) is 0.668. The SMILES string of the molecule is Oc1ccccc1OC(F)(F)F.[I-].[K+]. The number of hydrogen-bond acceptors (Lipinski definition) is 2. The molecule has 0 aromatic heterocycles. The third-order valence-corrected chi connectivity index (χ3v) is 1.09. The normalized spacial score (nSPS) is 9.64. The predicted octanol–water partition coefficient (Wildman–Crippen LogP) is -3.70. The number of alkyl halides is 3. The van der Waals surface area contributed by atoms with Gasteiger partial charge in [0.05, 0.1) is 0 Å². The van der Waals surface area contributed by atoms with Crippen LogP contribution in [-0.2, 0) is 0 Å². The van der Waals surface area contributed by atoms with Gasteiger partial charge in [-0.25, -0.2) is 0 Å². The Balaban J connectivity index is 0. The van der Waals surface area contributed by atoms with E-state index in [-0.39, 0.29) is 75.4 Å². The van der Waals surface area contributed by atoms with Crippen molar-refractivity contribution in [1.82, 2.24) is 0 Å². The number of phenolic OH excluding ortho intramolecular Hbond substituents is 1. The molecule has 7 heteroatoms. The molecule has 1 N–H and O–H groups in total. The van der Waals surface area contributed by atoms with E-state index in [9.17, 15) is 13.2 Å². The molecule has 1 aromatic rings. The molecule has 0 saturated heterocycles. The van der Waals surface area contributed by atoms with Crippen molar-refractivity contribution in [2.75, 3.05) is 0 Å². The van der Waals surface area contributed by atoms with E-state index in [1.54, 1.807) is 0 Å². The van der Waals surface area contributed by atoms with E-state index >= 15 is 0 Å². The van der Waals surface area contributed by atoms with Gasteiger partial charge in [-0.2, -0.15) is 0 Å². The maximum Gasteiger partial charge on any atom is 1.00 e. The smallest absolute Gasteiger partial charge is 1.00 e. The molecule has 0 spiro atoms. The van der Waals surface area contributed by atoms with Gasteiger partial charge in [0.25, 0.3) is 0 Å². The minimum atomic E-state index is -4.77. The minimum Gasteiger partial charge on any atom is -1.00 e. The summed E-state index contributed by atoms with van der Waals surface area (Å²) in [6.07, 6.45) is -4.77. The Morgan fingerprint density at radius 3 is 2.07 bits per heavy atom. The van der Waals surface area contributed by atoms with Crippen LogP contribution in [0.1, 0.15) is 0 Å². The van der Waals surface area contributed by atoms with Gasteiger partial charge in [0.1, 0.15) is 0 Å². The molecule has 14 heavy (non-hydrogen) atoms. The van der Waals surface area contributed by atoms with E-state index in [1.807, 2.05) is 0 Å². The number of halogens is 4. The van der Waals surface area contributed by atoms with E-state index in [2.05, 4.69) is 4.74 Å². The number of benzene rings is 1. The van der Waals surface area contributed by atoms with Crippen LogP contribution in [0.5, 0.6) is 11.5 Å². The van der Waals surface area contributed by atoms with E-state index in [0.717, 1.165) is 12.1 Å². The molecule has 0 unspecified atom stereocenters. The Labute approximate surface area is 138 Å². The molecule has 1 rings (SSSR count). The quantitative estimate of drug-likeness (QED) is 0.420. The van der Waals surface area contributed by atoms with Crippen molar-refractivity contribution in [3.8, 4) is 11.5 Å². The van der Waals surface area contributed by atoms with Crippen LogP contribution in [0, 0.1) is 0 Å². The number of hydrogen-bond donors (Lipinski definition) is 1. The van der Waals surface area contributed by atoms with Crippen molar-refractivity contribution >= 4 is 0 Å². The first-order valence-corrected chi connectivity index (χ1v) is 3.03. The molecule has 0 aliphatic carbocycles. The van der Waals surface area contributed by atoms with Gasteiger partial charge in [-0.3, -0.25) is 0 Å². The van der Waals surface area contributed by atoms with E-state index in [1.165, 1.54) is 12.1 Å². The second-order valence-corrected chi connectivity index (χ2v) is 2.02. The van der Waals surface area contributed by atoms with Crippen LogP contribution in [0.4, 0.5) is 13.2 Å². The molecular formula is C7H5F3IKO2. The van der Waals surface area contributed by atoms with Crippen LogP contribution in [0.2, 0.25) is 0 Å². The van der Waals surface area contributed by atoms with Gasteiger partial charge in [-0.1, -0.05) is 12.1 Å². The van der Waals surface area contributed by atoms with Crippen molar-refractivity contribution < 1.29 is 98.4 Å². The second kappa shape index (κ2) is 7.28. The first-order valence-electron chi connectivity index (χ1n) is 3.03. The van der Waals surface area contributed by atoms with Crippen LogP contribution in [-0.4, -0.2) is 11.5 Å². The summed E-state index contributed by atoms with van der Waals surface area (Å²) in [4.78, 5) is 0. The average Bonchev–Trinajstić information content (AvgIpc) is 1.91. The Bertz CT molecular complexity index is 280. The summed E-state index contributed by atoms with van der Waals surface area (Å²) < 4.78 is 38.2. The Hall–Kier alpha value is 0.976. The van der Waals surface area contributed by atoms with Crippen molar-refractivity contribution in [1.29, 1.82) is 0 Å². The van der Waals surface area contributed by atoms with Crippen LogP contribution in [0.3, 0.4) is 0 Å². The molecule has 1 aromatic carbocycles. The number of rotatable bonds is 1. The van der Waals surface area contributed by atoms with Crippen molar-refractivity contribution in [2.24, 2.45) is 0 Å². The van der Waals surface area contributed by atoms with E-state index < -0.39 is 17.9 Å². The standard InChI is InChI=1S/C7H5F3O2.HI.K/c8-7(9,10)12-6-4-2-1-3-5(6)11;;/h1-4,11H;1H;/q;;+1/p-1. The van der Waals surface area contributed by atoms with Crippen LogP contribution in [0.25, 0.3) is 0 Å². The molecule has 0 radical (unpaired) electrons. The predicted molar refractivity (Wildman–Crippen MR) is 34.8 cm³/mol. The molecule has 0 amide bonds. The third kappa shape index (κ3) is 6.46. The van der Waals surface area contributed by atoms with Gasteiger partial charge in [0.2, 0.25) is 0 Å². The third-order valence-electron chi connectivity index (χ3n) is 1.09. The molecular weight excluding hydrogens is 339 g/mol. The minimum absolute atomic E-state index is 0. The molecule has 0 aliphatic rings. The molecule has 0 atom stereocenters. The molecule has 2 nitrogen and oxygen atoms in total. The summed E-state index contributed by atoms with van der Waals surface area (Å²) in [6.45, 7) is 0. The summed E-state index contributed by atoms with van der Waals surface area (Å²) in [5.41, 5.74) is 0. The molecule has 0 heterocycles. The van der Waals surface area contributed by atoms with Crippen LogP contribution in [0.15, 0.2) is 24.3 Å². The van der Waals surface area contributed by atoms with Crippen molar-refractivity contribution in [3.63, 3.8) is 0 Å². The summed E-state index contributed by atoms with van der Waals surface area (Å²) in [6, 6.07) is 4.88. The molecule has 0 aliphatic heterocycles. The summed E-state index contributed by atoms with van der Waals surface area (Å²) in [5, 5.41) is 8.85.